The molecule has 84 valence electrons. The number of aliphatic hydroxyl groups excluding tert-OH is 2. The standard InChI is InChI=1S/C10H13FO4/c1-14-8-4-3-6(11)10(15-2)9(8)7(13)5-12/h3-4,7,12-13H,5H2,1-2H3. The molecular formula is C10H13FO4. The number of hydrogen-bond donors (Lipinski definition) is 2. The van der Waals surface area contributed by atoms with Crippen LogP contribution in [0.2, 0.25) is 0 Å². The number of hydrogen-bond acceptors (Lipinski definition) is 4. The normalized spacial score (nSPS) is 12.3. The molecular weight excluding hydrogens is 203 g/mol. The lowest BCUT2D eigenvalue weighted by molar-refractivity contribution is 0.0904. The number of ether oxygens (including phenoxy) is 2. The lowest BCUT2D eigenvalue weighted by Gasteiger charge is -2.16. The van der Waals surface area contributed by atoms with Crippen LogP contribution in [0.3, 0.4) is 0 Å². The van der Waals surface area contributed by atoms with Crippen LogP contribution in [0.25, 0.3) is 0 Å². The Balaban J connectivity index is 3.33. The maximum atomic E-state index is 13.3. The van der Waals surface area contributed by atoms with Gasteiger partial charge in [-0.15, -0.1) is 0 Å². The highest BCUT2D eigenvalue weighted by atomic mass is 19.1. The second-order valence-electron chi connectivity index (χ2n) is 2.89. The Morgan fingerprint density at radius 2 is 2.00 bits per heavy atom. The summed E-state index contributed by atoms with van der Waals surface area (Å²) in [6.45, 7) is -0.532. The Morgan fingerprint density at radius 3 is 2.47 bits per heavy atom. The summed E-state index contributed by atoms with van der Waals surface area (Å²) in [7, 11) is 2.67. The second-order valence-corrected chi connectivity index (χ2v) is 2.89. The van der Waals surface area contributed by atoms with E-state index in [4.69, 9.17) is 14.6 Å². The minimum Gasteiger partial charge on any atom is -0.496 e. The quantitative estimate of drug-likeness (QED) is 0.784. The largest absolute Gasteiger partial charge is 0.496 e. The molecule has 2 N–H and O–H groups in total. The van der Waals surface area contributed by atoms with Crippen molar-refractivity contribution in [2.45, 2.75) is 6.10 Å². The van der Waals surface area contributed by atoms with Crippen molar-refractivity contribution in [2.75, 3.05) is 20.8 Å². The molecule has 1 atom stereocenters. The van der Waals surface area contributed by atoms with Gasteiger partial charge in [-0.05, 0) is 12.1 Å². The molecule has 1 aromatic carbocycles. The van der Waals surface area contributed by atoms with Crippen molar-refractivity contribution >= 4 is 0 Å². The first kappa shape index (κ1) is 11.7. The summed E-state index contributed by atoms with van der Waals surface area (Å²) in [5.74, 6) is -0.452. The van der Waals surface area contributed by atoms with Crippen molar-refractivity contribution in [3.05, 3.63) is 23.5 Å². The fourth-order valence-electron chi connectivity index (χ4n) is 1.35. The van der Waals surface area contributed by atoms with Gasteiger partial charge in [0, 0.05) is 0 Å². The molecule has 0 aromatic heterocycles. The zero-order chi connectivity index (χ0) is 11.4. The third-order valence-electron chi connectivity index (χ3n) is 2.04. The first-order valence-corrected chi connectivity index (χ1v) is 4.35. The SMILES string of the molecule is COc1ccc(F)c(OC)c1C(O)CO. The van der Waals surface area contributed by atoms with Gasteiger partial charge in [0.15, 0.2) is 11.6 Å². The summed E-state index contributed by atoms with van der Waals surface area (Å²) >= 11 is 0. The van der Waals surface area contributed by atoms with Gasteiger partial charge >= 0.3 is 0 Å². The number of halogens is 1. The Morgan fingerprint density at radius 1 is 1.33 bits per heavy atom. The highest BCUT2D eigenvalue weighted by Crippen LogP contribution is 2.35. The summed E-state index contributed by atoms with van der Waals surface area (Å²) < 4.78 is 23.1. The summed E-state index contributed by atoms with van der Waals surface area (Å²) in [5, 5.41) is 18.3. The van der Waals surface area contributed by atoms with Crippen molar-refractivity contribution in [1.82, 2.24) is 0 Å². The lowest BCUT2D eigenvalue weighted by atomic mass is 10.1. The topological polar surface area (TPSA) is 58.9 Å². The van der Waals surface area contributed by atoms with E-state index in [1.807, 2.05) is 0 Å². The fourth-order valence-corrected chi connectivity index (χ4v) is 1.35. The van der Waals surface area contributed by atoms with Crippen LogP contribution < -0.4 is 9.47 Å². The molecule has 0 fully saturated rings. The van der Waals surface area contributed by atoms with E-state index in [1.165, 1.54) is 26.4 Å². The first-order valence-electron chi connectivity index (χ1n) is 4.35. The van der Waals surface area contributed by atoms with Gasteiger partial charge in [0.05, 0.1) is 26.4 Å². The van der Waals surface area contributed by atoms with Gasteiger partial charge in [-0.2, -0.15) is 0 Å². The predicted octanol–water partition coefficient (Wildman–Crippen LogP) is 0.869. The Kier molecular flexibility index (Phi) is 3.88. The molecule has 0 aliphatic carbocycles. The third kappa shape index (κ3) is 2.19. The van der Waals surface area contributed by atoms with E-state index in [0.29, 0.717) is 0 Å². The van der Waals surface area contributed by atoms with Crippen molar-refractivity contribution in [3.8, 4) is 11.5 Å². The molecule has 0 saturated carbocycles. The third-order valence-corrected chi connectivity index (χ3v) is 2.04. The van der Waals surface area contributed by atoms with E-state index < -0.39 is 18.5 Å². The number of benzene rings is 1. The fraction of sp³-hybridized carbons (Fsp3) is 0.400. The van der Waals surface area contributed by atoms with Crippen LogP contribution in [-0.4, -0.2) is 31.0 Å². The Labute approximate surface area is 86.9 Å². The monoisotopic (exact) mass is 216 g/mol. The molecule has 0 bridgehead atoms. The lowest BCUT2D eigenvalue weighted by Crippen LogP contribution is -2.08. The van der Waals surface area contributed by atoms with E-state index >= 15 is 0 Å². The van der Waals surface area contributed by atoms with Gasteiger partial charge in [0.2, 0.25) is 0 Å². The van der Waals surface area contributed by atoms with Gasteiger partial charge in [-0.1, -0.05) is 0 Å². The van der Waals surface area contributed by atoms with Gasteiger partial charge < -0.3 is 19.7 Å². The maximum Gasteiger partial charge on any atom is 0.165 e. The van der Waals surface area contributed by atoms with E-state index in [9.17, 15) is 9.50 Å². The highest BCUT2D eigenvalue weighted by molar-refractivity contribution is 5.47. The molecule has 0 radical (unpaired) electrons. The van der Waals surface area contributed by atoms with Crippen LogP contribution in [0, 0.1) is 5.82 Å². The molecule has 1 unspecified atom stereocenters. The molecule has 5 heteroatoms. The van der Waals surface area contributed by atoms with Crippen molar-refractivity contribution in [3.63, 3.8) is 0 Å². The van der Waals surface area contributed by atoms with Crippen LogP contribution in [0.15, 0.2) is 12.1 Å². The van der Waals surface area contributed by atoms with E-state index in [-0.39, 0.29) is 17.1 Å². The van der Waals surface area contributed by atoms with Crippen LogP contribution in [0.5, 0.6) is 11.5 Å². The van der Waals surface area contributed by atoms with E-state index in [2.05, 4.69) is 0 Å². The summed E-state index contributed by atoms with van der Waals surface area (Å²) in [4.78, 5) is 0. The summed E-state index contributed by atoms with van der Waals surface area (Å²) in [5.41, 5.74) is 0.113. The van der Waals surface area contributed by atoms with E-state index in [1.54, 1.807) is 0 Å². The molecule has 0 amide bonds. The minimum absolute atomic E-state index is 0.113. The second kappa shape index (κ2) is 4.95. The van der Waals surface area contributed by atoms with Gasteiger partial charge in [0.25, 0.3) is 0 Å². The highest BCUT2D eigenvalue weighted by Gasteiger charge is 2.21. The molecule has 0 saturated heterocycles. The van der Waals surface area contributed by atoms with Crippen LogP contribution in [0.1, 0.15) is 11.7 Å². The molecule has 1 rings (SSSR count). The summed E-state index contributed by atoms with van der Waals surface area (Å²) in [6.07, 6.45) is -1.23. The molecule has 0 spiro atoms. The summed E-state index contributed by atoms with van der Waals surface area (Å²) in [6, 6.07) is 2.54. The molecule has 0 aliphatic rings. The van der Waals surface area contributed by atoms with E-state index in [0.717, 1.165) is 0 Å². The molecule has 15 heavy (non-hydrogen) atoms. The average molecular weight is 216 g/mol. The van der Waals surface area contributed by atoms with Crippen LogP contribution >= 0.6 is 0 Å². The zero-order valence-corrected chi connectivity index (χ0v) is 8.53. The van der Waals surface area contributed by atoms with Crippen molar-refractivity contribution < 1.29 is 24.1 Å². The molecule has 1 aromatic rings. The average Bonchev–Trinajstić information content (AvgIpc) is 2.27. The van der Waals surface area contributed by atoms with Crippen molar-refractivity contribution in [2.24, 2.45) is 0 Å². The van der Waals surface area contributed by atoms with Gasteiger partial charge in [-0.25, -0.2) is 4.39 Å². The molecule has 4 nitrogen and oxygen atoms in total. The predicted molar refractivity (Wildman–Crippen MR) is 51.5 cm³/mol. The van der Waals surface area contributed by atoms with Gasteiger partial charge in [-0.3, -0.25) is 0 Å². The number of methoxy groups -OCH3 is 2. The number of aliphatic hydroxyl groups is 2. The number of rotatable bonds is 4. The van der Waals surface area contributed by atoms with Gasteiger partial charge in [0.1, 0.15) is 11.9 Å². The first-order chi connectivity index (χ1) is 7.15. The Bertz CT molecular complexity index is 340. The van der Waals surface area contributed by atoms with Crippen LogP contribution in [0.4, 0.5) is 4.39 Å². The smallest absolute Gasteiger partial charge is 0.165 e. The zero-order valence-electron chi connectivity index (χ0n) is 8.53. The molecule has 0 heterocycles. The molecule has 0 aliphatic heterocycles. The van der Waals surface area contributed by atoms with Crippen molar-refractivity contribution in [1.29, 1.82) is 0 Å². The van der Waals surface area contributed by atoms with Crippen LogP contribution in [-0.2, 0) is 0 Å². The minimum atomic E-state index is -1.23. The maximum absolute atomic E-state index is 13.3. The Hall–Kier alpha value is -1.33.